The number of carbonyl (C=O) groups is 1. The highest BCUT2D eigenvalue weighted by molar-refractivity contribution is 5.97. The second-order valence-electron chi connectivity index (χ2n) is 8.32. The minimum atomic E-state index is -0.00783. The van der Waals surface area contributed by atoms with E-state index < -0.39 is 0 Å². The van der Waals surface area contributed by atoms with Gasteiger partial charge in [-0.25, -0.2) is 9.97 Å². The van der Waals surface area contributed by atoms with Crippen LogP contribution in [-0.2, 0) is 6.54 Å². The molecule has 1 aromatic carbocycles. The Morgan fingerprint density at radius 3 is 2.74 bits per heavy atom. The number of aromatic nitrogens is 3. The Balaban J connectivity index is 1.69. The van der Waals surface area contributed by atoms with Crippen molar-refractivity contribution in [2.75, 3.05) is 13.7 Å². The molecule has 0 radical (unpaired) electrons. The fourth-order valence-corrected chi connectivity index (χ4v) is 4.60. The molecule has 6 heteroatoms. The van der Waals surface area contributed by atoms with Gasteiger partial charge in [0.25, 0.3) is 5.91 Å². The summed E-state index contributed by atoms with van der Waals surface area (Å²) in [6.45, 7) is 3.36. The summed E-state index contributed by atoms with van der Waals surface area (Å²) >= 11 is 0. The number of amides is 1. The van der Waals surface area contributed by atoms with E-state index in [9.17, 15) is 4.79 Å². The lowest BCUT2D eigenvalue weighted by Crippen LogP contribution is -2.33. The monoisotopic (exact) mass is 420 g/mol. The van der Waals surface area contributed by atoms with Crippen LogP contribution in [0.3, 0.4) is 0 Å². The second-order valence-corrected chi connectivity index (χ2v) is 8.32. The van der Waals surface area contributed by atoms with E-state index >= 15 is 0 Å². The van der Waals surface area contributed by atoms with Crippen molar-refractivity contribution in [3.8, 4) is 5.75 Å². The number of nitrogens with zero attached hydrogens (tertiary/aromatic N) is 4. The van der Waals surface area contributed by atoms with E-state index in [0.29, 0.717) is 30.4 Å². The molecular weight excluding hydrogens is 388 g/mol. The van der Waals surface area contributed by atoms with E-state index in [-0.39, 0.29) is 5.91 Å². The van der Waals surface area contributed by atoms with Crippen LogP contribution < -0.4 is 4.74 Å². The molecule has 2 aromatic heterocycles. The molecule has 0 spiro atoms. The zero-order valence-electron chi connectivity index (χ0n) is 18.6. The van der Waals surface area contributed by atoms with E-state index in [2.05, 4.69) is 16.5 Å². The lowest BCUT2D eigenvalue weighted by atomic mass is 10.1. The Morgan fingerprint density at radius 1 is 1.16 bits per heavy atom. The summed E-state index contributed by atoms with van der Waals surface area (Å²) in [5.74, 6) is 1.53. The Hall–Kier alpha value is -2.89. The number of unbranched alkanes of at least 4 members (excludes halogenated alkanes) is 2. The van der Waals surface area contributed by atoms with E-state index in [4.69, 9.17) is 9.72 Å². The molecule has 2 heterocycles. The Labute approximate surface area is 184 Å². The summed E-state index contributed by atoms with van der Waals surface area (Å²) in [6.07, 6.45) is 9.76. The summed E-state index contributed by atoms with van der Waals surface area (Å²) in [7, 11) is 1.61. The number of para-hydroxylation sites is 1. The van der Waals surface area contributed by atoms with E-state index in [0.717, 1.165) is 49.1 Å². The van der Waals surface area contributed by atoms with Gasteiger partial charge in [0.15, 0.2) is 5.65 Å². The van der Waals surface area contributed by atoms with Crippen molar-refractivity contribution >= 4 is 17.1 Å². The van der Waals surface area contributed by atoms with Gasteiger partial charge in [-0.3, -0.25) is 4.79 Å². The van der Waals surface area contributed by atoms with Crippen LogP contribution in [0, 0.1) is 0 Å². The van der Waals surface area contributed by atoms with Gasteiger partial charge in [-0.1, -0.05) is 44.7 Å². The predicted octanol–water partition coefficient (Wildman–Crippen LogP) is 5.39. The molecule has 0 saturated heterocycles. The van der Waals surface area contributed by atoms with Crippen LogP contribution >= 0.6 is 0 Å². The average Bonchev–Trinajstić information content (AvgIpc) is 3.45. The average molecular weight is 421 g/mol. The van der Waals surface area contributed by atoms with Gasteiger partial charge < -0.3 is 14.2 Å². The Morgan fingerprint density at radius 2 is 1.97 bits per heavy atom. The first-order chi connectivity index (χ1) is 15.2. The lowest BCUT2D eigenvalue weighted by Gasteiger charge is -2.25. The first kappa shape index (κ1) is 21.3. The molecule has 4 rings (SSSR count). The summed E-state index contributed by atoms with van der Waals surface area (Å²) in [4.78, 5) is 25.1. The molecule has 0 N–H and O–H groups in total. The third-order valence-corrected chi connectivity index (χ3v) is 6.20. The molecule has 0 atom stereocenters. The predicted molar refractivity (Wildman–Crippen MR) is 122 cm³/mol. The number of imidazole rings is 1. The molecule has 31 heavy (non-hydrogen) atoms. The van der Waals surface area contributed by atoms with Crippen LogP contribution in [0.15, 0.2) is 42.6 Å². The molecule has 0 unspecified atom stereocenters. The molecular formula is C25H32N4O2. The molecule has 3 aromatic rings. The number of carbonyl (C=O) groups excluding carboxylic acids is 1. The van der Waals surface area contributed by atoms with E-state index in [1.54, 1.807) is 7.11 Å². The standard InChI is InChI=1S/C25H32N4O2/c1-3-4-9-17-28(25(30)20-13-7-8-15-22(20)31-2)18-23-27-21-14-10-16-26-24(21)29(23)19-11-5-6-12-19/h7-8,10,13-16,19H,3-6,9,11-12,17-18H2,1-2H3. The van der Waals surface area contributed by atoms with Gasteiger partial charge in [-0.05, 0) is 43.5 Å². The maximum atomic E-state index is 13.6. The van der Waals surface area contributed by atoms with Crippen LogP contribution in [0.4, 0.5) is 0 Å². The number of methoxy groups -OCH3 is 1. The number of fused-ring (bicyclic) bond motifs is 1. The number of rotatable bonds is 9. The van der Waals surface area contributed by atoms with Gasteiger partial charge in [0.05, 0.1) is 19.2 Å². The van der Waals surface area contributed by atoms with Crippen LogP contribution in [0.5, 0.6) is 5.75 Å². The van der Waals surface area contributed by atoms with Crippen molar-refractivity contribution in [2.45, 2.75) is 64.5 Å². The maximum Gasteiger partial charge on any atom is 0.258 e. The minimum absolute atomic E-state index is 0.00783. The van der Waals surface area contributed by atoms with Gasteiger partial charge >= 0.3 is 0 Å². The van der Waals surface area contributed by atoms with Crippen molar-refractivity contribution in [3.05, 3.63) is 54.0 Å². The molecule has 0 bridgehead atoms. The van der Waals surface area contributed by atoms with Gasteiger partial charge in [-0.15, -0.1) is 0 Å². The molecule has 6 nitrogen and oxygen atoms in total. The quantitative estimate of drug-likeness (QED) is 0.436. The summed E-state index contributed by atoms with van der Waals surface area (Å²) in [6, 6.07) is 11.8. The van der Waals surface area contributed by atoms with Crippen LogP contribution in [0.1, 0.15) is 74.1 Å². The summed E-state index contributed by atoms with van der Waals surface area (Å²) in [5.41, 5.74) is 2.44. The molecule has 1 aliphatic carbocycles. The Kier molecular flexibility index (Phi) is 6.85. The molecule has 0 aliphatic heterocycles. The van der Waals surface area contributed by atoms with Gasteiger partial charge in [0.1, 0.15) is 17.1 Å². The molecule has 164 valence electrons. The highest BCUT2D eigenvalue weighted by Gasteiger charge is 2.26. The van der Waals surface area contributed by atoms with Crippen molar-refractivity contribution in [2.24, 2.45) is 0 Å². The van der Waals surface area contributed by atoms with Crippen LogP contribution in [-0.4, -0.2) is 39.0 Å². The number of benzene rings is 1. The SMILES string of the molecule is CCCCCN(Cc1nc2cccnc2n1C1CCCC1)C(=O)c1ccccc1OC. The summed E-state index contributed by atoms with van der Waals surface area (Å²) in [5, 5.41) is 0. The van der Waals surface area contributed by atoms with Crippen LogP contribution in [0.2, 0.25) is 0 Å². The van der Waals surface area contributed by atoms with Gasteiger partial charge in [0, 0.05) is 18.8 Å². The zero-order chi connectivity index (χ0) is 21.6. The van der Waals surface area contributed by atoms with Crippen molar-refractivity contribution in [1.82, 2.24) is 19.4 Å². The normalized spacial score (nSPS) is 14.3. The number of hydrogen-bond acceptors (Lipinski definition) is 4. The third kappa shape index (κ3) is 4.58. The largest absolute Gasteiger partial charge is 0.496 e. The van der Waals surface area contributed by atoms with Gasteiger partial charge in [-0.2, -0.15) is 0 Å². The molecule has 1 amide bonds. The number of hydrogen-bond donors (Lipinski definition) is 0. The number of ether oxygens (including phenoxy) is 1. The maximum absolute atomic E-state index is 13.6. The highest BCUT2D eigenvalue weighted by atomic mass is 16.5. The molecule has 1 saturated carbocycles. The Bertz CT molecular complexity index is 1020. The molecule has 1 fully saturated rings. The van der Waals surface area contributed by atoms with Crippen molar-refractivity contribution in [1.29, 1.82) is 0 Å². The van der Waals surface area contributed by atoms with E-state index in [1.807, 2.05) is 47.5 Å². The second kappa shape index (κ2) is 9.94. The topological polar surface area (TPSA) is 60.2 Å². The smallest absolute Gasteiger partial charge is 0.258 e. The first-order valence-electron chi connectivity index (χ1n) is 11.5. The highest BCUT2D eigenvalue weighted by Crippen LogP contribution is 2.33. The lowest BCUT2D eigenvalue weighted by molar-refractivity contribution is 0.0729. The third-order valence-electron chi connectivity index (χ3n) is 6.20. The molecule has 1 aliphatic rings. The summed E-state index contributed by atoms with van der Waals surface area (Å²) < 4.78 is 7.76. The van der Waals surface area contributed by atoms with Crippen LogP contribution in [0.25, 0.3) is 11.2 Å². The fourth-order valence-electron chi connectivity index (χ4n) is 4.60. The van der Waals surface area contributed by atoms with Crippen molar-refractivity contribution < 1.29 is 9.53 Å². The van der Waals surface area contributed by atoms with Gasteiger partial charge in [0.2, 0.25) is 0 Å². The van der Waals surface area contributed by atoms with E-state index in [1.165, 1.54) is 12.8 Å². The first-order valence-corrected chi connectivity index (χ1v) is 11.5. The zero-order valence-corrected chi connectivity index (χ0v) is 18.6. The number of pyridine rings is 1. The van der Waals surface area contributed by atoms with Crippen molar-refractivity contribution in [3.63, 3.8) is 0 Å². The minimum Gasteiger partial charge on any atom is -0.496 e. The fraction of sp³-hybridized carbons (Fsp3) is 0.480.